The fourth-order valence-electron chi connectivity index (χ4n) is 1.22. The Morgan fingerprint density at radius 2 is 2.21 bits per heavy atom. The zero-order valence-electron chi connectivity index (χ0n) is 8.25. The largest absolute Gasteiger partial charge is 0.496 e. The van der Waals surface area contributed by atoms with Crippen molar-refractivity contribution in [2.75, 3.05) is 13.7 Å². The highest BCUT2D eigenvalue weighted by atomic mass is 19.1. The Kier molecular flexibility index (Phi) is 3.08. The van der Waals surface area contributed by atoms with E-state index in [1.54, 1.807) is 6.92 Å². The van der Waals surface area contributed by atoms with Crippen molar-refractivity contribution in [3.05, 3.63) is 29.6 Å². The van der Waals surface area contributed by atoms with Gasteiger partial charge in [-0.25, -0.2) is 4.39 Å². The van der Waals surface area contributed by atoms with E-state index >= 15 is 0 Å². The lowest BCUT2D eigenvalue weighted by Crippen LogP contribution is -2.31. The summed E-state index contributed by atoms with van der Waals surface area (Å²) >= 11 is 0. The van der Waals surface area contributed by atoms with Crippen LogP contribution >= 0.6 is 0 Å². The van der Waals surface area contributed by atoms with Gasteiger partial charge in [-0.15, -0.1) is 0 Å². The van der Waals surface area contributed by atoms with Gasteiger partial charge < -0.3 is 15.6 Å². The van der Waals surface area contributed by atoms with Gasteiger partial charge in [-0.1, -0.05) is 0 Å². The quantitative estimate of drug-likeness (QED) is 0.763. The van der Waals surface area contributed by atoms with Gasteiger partial charge in [0.2, 0.25) is 0 Å². The summed E-state index contributed by atoms with van der Waals surface area (Å²) in [6, 6.07) is 3.96. The van der Waals surface area contributed by atoms with Crippen LogP contribution in [0.4, 0.5) is 4.39 Å². The lowest BCUT2D eigenvalue weighted by molar-refractivity contribution is 0.0639. The highest BCUT2D eigenvalue weighted by Gasteiger charge is 2.25. The van der Waals surface area contributed by atoms with E-state index in [0.717, 1.165) is 0 Å². The first kappa shape index (κ1) is 10.9. The molecule has 78 valence electrons. The van der Waals surface area contributed by atoms with Gasteiger partial charge in [-0.3, -0.25) is 0 Å². The molecule has 0 aliphatic heterocycles. The van der Waals surface area contributed by atoms with Crippen LogP contribution in [0.3, 0.4) is 0 Å². The third kappa shape index (κ3) is 2.02. The second kappa shape index (κ2) is 3.94. The minimum absolute atomic E-state index is 0.0506. The van der Waals surface area contributed by atoms with Crippen molar-refractivity contribution in [2.45, 2.75) is 12.5 Å². The Morgan fingerprint density at radius 1 is 1.57 bits per heavy atom. The summed E-state index contributed by atoms with van der Waals surface area (Å²) < 4.78 is 17.8. The molecule has 1 aromatic rings. The molecular formula is C10H14FNO2. The van der Waals surface area contributed by atoms with E-state index in [4.69, 9.17) is 10.5 Å². The maximum Gasteiger partial charge on any atom is 0.127 e. The normalized spacial score (nSPS) is 14.9. The number of nitrogens with two attached hydrogens (primary N) is 1. The van der Waals surface area contributed by atoms with E-state index in [1.807, 2.05) is 0 Å². The van der Waals surface area contributed by atoms with Gasteiger partial charge in [-0.2, -0.15) is 0 Å². The second-order valence-corrected chi connectivity index (χ2v) is 3.32. The molecule has 0 heterocycles. The maximum atomic E-state index is 12.8. The van der Waals surface area contributed by atoms with Crippen molar-refractivity contribution >= 4 is 0 Å². The van der Waals surface area contributed by atoms with Crippen LogP contribution < -0.4 is 10.5 Å². The summed E-state index contributed by atoms with van der Waals surface area (Å²) in [7, 11) is 1.42. The summed E-state index contributed by atoms with van der Waals surface area (Å²) in [5.41, 5.74) is 4.69. The summed E-state index contributed by atoms with van der Waals surface area (Å²) in [5, 5.41) is 9.87. The van der Waals surface area contributed by atoms with Gasteiger partial charge in [0.1, 0.15) is 17.2 Å². The molecule has 0 bridgehead atoms. The fraction of sp³-hybridized carbons (Fsp3) is 0.400. The second-order valence-electron chi connectivity index (χ2n) is 3.32. The molecule has 0 aliphatic carbocycles. The van der Waals surface area contributed by atoms with Crippen molar-refractivity contribution in [3.8, 4) is 5.75 Å². The van der Waals surface area contributed by atoms with Crippen LogP contribution in [0.2, 0.25) is 0 Å². The van der Waals surface area contributed by atoms with Gasteiger partial charge in [-0.05, 0) is 19.1 Å². The van der Waals surface area contributed by atoms with Gasteiger partial charge >= 0.3 is 0 Å². The van der Waals surface area contributed by atoms with Crippen LogP contribution in [0.25, 0.3) is 0 Å². The van der Waals surface area contributed by atoms with Crippen molar-refractivity contribution in [1.29, 1.82) is 0 Å². The molecule has 3 nitrogen and oxygen atoms in total. The molecule has 0 aliphatic rings. The Morgan fingerprint density at radius 3 is 2.71 bits per heavy atom. The Hall–Kier alpha value is -1.13. The monoisotopic (exact) mass is 199 g/mol. The third-order valence-corrected chi connectivity index (χ3v) is 2.14. The van der Waals surface area contributed by atoms with E-state index in [0.29, 0.717) is 11.3 Å². The first-order chi connectivity index (χ1) is 6.51. The maximum absolute atomic E-state index is 12.8. The molecule has 0 spiro atoms. The number of hydrogen-bond donors (Lipinski definition) is 2. The van der Waals surface area contributed by atoms with Crippen molar-refractivity contribution in [3.63, 3.8) is 0 Å². The summed E-state index contributed by atoms with van der Waals surface area (Å²) in [6.07, 6.45) is 0. The Labute approximate surface area is 82.3 Å². The first-order valence-corrected chi connectivity index (χ1v) is 4.27. The molecule has 0 aromatic heterocycles. The van der Waals surface area contributed by atoms with Gasteiger partial charge in [0.25, 0.3) is 0 Å². The molecule has 0 amide bonds. The van der Waals surface area contributed by atoms with Crippen molar-refractivity contribution in [2.24, 2.45) is 5.73 Å². The number of ether oxygens (including phenoxy) is 1. The molecule has 1 rings (SSSR count). The predicted molar refractivity (Wildman–Crippen MR) is 51.6 cm³/mol. The Balaban J connectivity index is 3.20. The van der Waals surface area contributed by atoms with Crippen molar-refractivity contribution in [1.82, 2.24) is 0 Å². The summed E-state index contributed by atoms with van der Waals surface area (Å²) in [4.78, 5) is 0. The fourth-order valence-corrected chi connectivity index (χ4v) is 1.22. The number of benzene rings is 1. The molecule has 1 unspecified atom stereocenters. The molecule has 3 N–H and O–H groups in total. The standard InChI is InChI=1S/C10H14FNO2/c1-10(13,6-12)8-4-3-7(11)5-9(8)14-2/h3-5,13H,6,12H2,1-2H3. The average molecular weight is 199 g/mol. The number of methoxy groups -OCH3 is 1. The summed E-state index contributed by atoms with van der Waals surface area (Å²) in [5.74, 6) is -0.0983. The lowest BCUT2D eigenvalue weighted by atomic mass is 9.95. The van der Waals surface area contributed by atoms with Crippen LogP contribution in [0.15, 0.2) is 18.2 Å². The zero-order valence-corrected chi connectivity index (χ0v) is 8.25. The topological polar surface area (TPSA) is 55.5 Å². The number of rotatable bonds is 3. The van der Waals surface area contributed by atoms with Gasteiger partial charge in [0.15, 0.2) is 0 Å². The molecule has 0 saturated heterocycles. The molecule has 1 atom stereocenters. The van der Waals surface area contributed by atoms with E-state index in [-0.39, 0.29) is 6.54 Å². The first-order valence-electron chi connectivity index (χ1n) is 4.27. The van der Waals surface area contributed by atoms with Crippen molar-refractivity contribution < 1.29 is 14.2 Å². The minimum atomic E-state index is -1.20. The molecule has 1 aromatic carbocycles. The van der Waals surface area contributed by atoms with Gasteiger partial charge in [0, 0.05) is 18.2 Å². The minimum Gasteiger partial charge on any atom is -0.496 e. The van der Waals surface area contributed by atoms with Crippen LogP contribution in [0.1, 0.15) is 12.5 Å². The average Bonchev–Trinajstić information content (AvgIpc) is 2.17. The molecule has 4 heteroatoms. The molecule has 14 heavy (non-hydrogen) atoms. The third-order valence-electron chi connectivity index (χ3n) is 2.14. The van der Waals surface area contributed by atoms with Crippen LogP contribution in [0, 0.1) is 5.82 Å². The van der Waals surface area contributed by atoms with Crippen LogP contribution in [0.5, 0.6) is 5.75 Å². The van der Waals surface area contributed by atoms with E-state index in [2.05, 4.69) is 0 Å². The summed E-state index contributed by atoms with van der Waals surface area (Å²) in [6.45, 7) is 1.61. The smallest absolute Gasteiger partial charge is 0.127 e. The number of aliphatic hydroxyl groups is 1. The van der Waals surface area contributed by atoms with E-state index in [9.17, 15) is 9.50 Å². The SMILES string of the molecule is COc1cc(F)ccc1C(C)(O)CN. The number of hydrogen-bond acceptors (Lipinski definition) is 3. The van der Waals surface area contributed by atoms with Crippen LogP contribution in [-0.2, 0) is 5.60 Å². The highest BCUT2D eigenvalue weighted by Crippen LogP contribution is 2.29. The Bertz CT molecular complexity index is 326. The van der Waals surface area contributed by atoms with Crippen LogP contribution in [-0.4, -0.2) is 18.8 Å². The molecular weight excluding hydrogens is 185 g/mol. The molecule has 0 fully saturated rings. The predicted octanol–water partition coefficient (Wildman–Crippen LogP) is 1.00. The lowest BCUT2D eigenvalue weighted by Gasteiger charge is -2.23. The highest BCUT2D eigenvalue weighted by molar-refractivity contribution is 5.38. The zero-order chi connectivity index (χ0) is 10.8. The van der Waals surface area contributed by atoms with E-state index in [1.165, 1.54) is 25.3 Å². The molecule has 0 saturated carbocycles. The van der Waals surface area contributed by atoms with Gasteiger partial charge in [0.05, 0.1) is 7.11 Å². The van der Waals surface area contributed by atoms with E-state index < -0.39 is 11.4 Å². The molecule has 0 radical (unpaired) electrons. The number of halogens is 1.